The summed E-state index contributed by atoms with van der Waals surface area (Å²) in [5, 5.41) is 3.07. The second-order valence-electron chi connectivity index (χ2n) is 13.9. The fourth-order valence-corrected chi connectivity index (χ4v) is 6.25. The summed E-state index contributed by atoms with van der Waals surface area (Å²) >= 11 is 0. The Morgan fingerprint density at radius 1 is 0.860 bits per heavy atom. The molecule has 0 spiro atoms. The van der Waals surface area contributed by atoms with Gasteiger partial charge in [0.15, 0.2) is 12.2 Å². The summed E-state index contributed by atoms with van der Waals surface area (Å²) in [7, 11) is 3.28. The van der Waals surface area contributed by atoms with Gasteiger partial charge in [-0.05, 0) is 81.2 Å². The molecule has 272 valence electrons. The fourth-order valence-electron chi connectivity index (χ4n) is 6.25. The highest BCUT2D eigenvalue weighted by Gasteiger charge is 2.39. The smallest absolute Gasteiger partial charge is 0.347 e. The summed E-state index contributed by atoms with van der Waals surface area (Å²) < 4.78 is 22.4. The molecule has 50 heavy (non-hydrogen) atoms. The highest BCUT2D eigenvalue weighted by molar-refractivity contribution is 5.90. The van der Waals surface area contributed by atoms with Crippen LogP contribution in [0, 0.1) is 11.8 Å². The lowest BCUT2D eigenvalue weighted by atomic mass is 10.0. The Bertz CT molecular complexity index is 1410. The maximum atomic E-state index is 14.2. The minimum Gasteiger partial charge on any atom is -0.458 e. The number of likely N-dealkylation sites (N-methyl/N-ethyl adjacent to an activating group) is 2. The maximum absolute atomic E-state index is 14.2. The van der Waals surface area contributed by atoms with Crippen molar-refractivity contribution in [3.05, 3.63) is 65.7 Å². The van der Waals surface area contributed by atoms with Crippen LogP contribution < -0.4 is 10.2 Å². The topological polar surface area (TPSA) is 124 Å². The number of nitrogens with one attached hydrogen (secondary N) is 1. The molecule has 1 heterocycles. The van der Waals surface area contributed by atoms with E-state index in [1.54, 1.807) is 14.1 Å². The number of hydrogen-bond donors (Lipinski definition) is 1. The Kier molecular flexibility index (Phi) is 13.7. The summed E-state index contributed by atoms with van der Waals surface area (Å²) in [6, 6.07) is 16.0. The van der Waals surface area contributed by atoms with E-state index < -0.39 is 48.1 Å². The number of anilines is 1. The second kappa shape index (κ2) is 18.3. The van der Waals surface area contributed by atoms with E-state index in [1.807, 2.05) is 42.5 Å². The Morgan fingerprint density at radius 2 is 1.54 bits per heavy atom. The van der Waals surface area contributed by atoms with Crippen LogP contribution in [0.1, 0.15) is 69.4 Å². The number of ether oxygens (including phenoxy) is 4. The number of benzene rings is 2. The highest BCUT2D eigenvalue weighted by Crippen LogP contribution is 2.36. The number of nitrogens with zero attached hydrogens (tertiary/aromatic N) is 2. The lowest BCUT2D eigenvalue weighted by Crippen LogP contribution is -2.50. The van der Waals surface area contributed by atoms with Crippen molar-refractivity contribution in [2.24, 2.45) is 11.8 Å². The molecule has 0 radical (unpaired) electrons. The summed E-state index contributed by atoms with van der Waals surface area (Å²) in [4.78, 5) is 57.5. The van der Waals surface area contributed by atoms with Crippen molar-refractivity contribution < 1.29 is 38.1 Å². The van der Waals surface area contributed by atoms with E-state index in [2.05, 4.69) is 22.3 Å². The number of rotatable bonds is 19. The SMILES string of the molecule is CN[C@@H](CCC1CC1)C(=O)O[C@H](CCc1ccc(N2CCOCC2)cc1)C(=O)N(C)[C@@H](CC1CC1)C(=O)O[C@H](C)C(=O)OCc1ccccc1. The second-order valence-corrected chi connectivity index (χ2v) is 13.9. The molecule has 11 heteroatoms. The van der Waals surface area contributed by atoms with Crippen molar-refractivity contribution in [1.82, 2.24) is 10.2 Å². The number of carbonyl (C=O) groups excluding carboxylic acids is 4. The molecule has 3 fully saturated rings. The quantitative estimate of drug-likeness (QED) is 0.167. The van der Waals surface area contributed by atoms with Crippen molar-refractivity contribution in [3.63, 3.8) is 0 Å². The number of aryl methyl sites for hydroxylation is 1. The standard InChI is InChI=1S/C39H53N3O8/c1-27(37(44)48-26-31-7-5-4-6-8-31)49-39(46)34(25-30-11-12-30)41(3)36(43)35(50-38(45)33(40-2)19-15-28-9-10-28)20-16-29-13-17-32(18-14-29)42-21-23-47-24-22-42/h4-8,13-14,17-18,27-28,30,33-35,40H,9-12,15-16,19-26H2,1-3H3/t27-,33+,34+,35-/m1/s1. The molecule has 1 N–H and O–H groups in total. The molecule has 4 atom stereocenters. The van der Waals surface area contributed by atoms with Crippen LogP contribution in [0.2, 0.25) is 0 Å². The minimum atomic E-state index is -1.16. The van der Waals surface area contributed by atoms with E-state index in [0.717, 1.165) is 49.2 Å². The van der Waals surface area contributed by atoms with Crippen molar-refractivity contribution in [2.75, 3.05) is 45.3 Å². The number of hydrogen-bond acceptors (Lipinski definition) is 10. The number of morpholine rings is 1. The van der Waals surface area contributed by atoms with Gasteiger partial charge in [0, 0.05) is 25.8 Å². The van der Waals surface area contributed by atoms with Gasteiger partial charge in [-0.15, -0.1) is 0 Å². The van der Waals surface area contributed by atoms with E-state index in [4.69, 9.17) is 18.9 Å². The molecule has 2 aromatic carbocycles. The Balaban J connectivity index is 1.25. The number of esters is 3. The van der Waals surface area contributed by atoms with Crippen LogP contribution in [0.4, 0.5) is 5.69 Å². The van der Waals surface area contributed by atoms with Crippen molar-refractivity contribution in [2.45, 2.75) is 95.6 Å². The molecule has 2 aliphatic carbocycles. The van der Waals surface area contributed by atoms with Gasteiger partial charge in [0.25, 0.3) is 5.91 Å². The van der Waals surface area contributed by atoms with Gasteiger partial charge in [-0.2, -0.15) is 0 Å². The summed E-state index contributed by atoms with van der Waals surface area (Å²) in [6.07, 6.45) is 4.70. The molecule has 1 saturated heterocycles. The lowest BCUT2D eigenvalue weighted by Gasteiger charge is -2.31. The van der Waals surface area contributed by atoms with Gasteiger partial charge in [-0.25, -0.2) is 9.59 Å². The third kappa shape index (κ3) is 11.3. The first-order chi connectivity index (χ1) is 24.2. The summed E-state index contributed by atoms with van der Waals surface area (Å²) in [5.74, 6) is -1.38. The first-order valence-corrected chi connectivity index (χ1v) is 18.2. The van der Waals surface area contributed by atoms with Crippen LogP contribution in [-0.4, -0.2) is 93.4 Å². The molecule has 5 rings (SSSR count). The van der Waals surface area contributed by atoms with E-state index in [1.165, 1.54) is 24.7 Å². The molecule has 3 aliphatic rings. The lowest BCUT2D eigenvalue weighted by molar-refractivity contribution is -0.174. The van der Waals surface area contributed by atoms with Gasteiger partial charge in [0.05, 0.1) is 13.2 Å². The molecule has 0 unspecified atom stereocenters. The van der Waals surface area contributed by atoms with Crippen molar-refractivity contribution in [1.29, 1.82) is 0 Å². The summed E-state index contributed by atoms with van der Waals surface area (Å²) in [6.45, 7) is 4.60. The van der Waals surface area contributed by atoms with Crippen LogP contribution >= 0.6 is 0 Å². The normalized spacial score (nSPS) is 18.3. The average molecular weight is 692 g/mol. The summed E-state index contributed by atoms with van der Waals surface area (Å²) in [5.41, 5.74) is 2.94. The van der Waals surface area contributed by atoms with Crippen LogP contribution in [0.5, 0.6) is 0 Å². The van der Waals surface area contributed by atoms with Gasteiger partial charge < -0.3 is 34.1 Å². The zero-order valence-corrected chi connectivity index (χ0v) is 29.7. The number of amides is 1. The van der Waals surface area contributed by atoms with Gasteiger partial charge in [0.2, 0.25) is 0 Å². The molecular weight excluding hydrogens is 638 g/mol. The molecule has 2 saturated carbocycles. The van der Waals surface area contributed by atoms with Gasteiger partial charge in [-0.1, -0.05) is 68.1 Å². The van der Waals surface area contributed by atoms with E-state index in [-0.39, 0.29) is 18.9 Å². The van der Waals surface area contributed by atoms with E-state index in [0.29, 0.717) is 38.4 Å². The molecular formula is C39H53N3O8. The molecule has 0 aromatic heterocycles. The van der Waals surface area contributed by atoms with E-state index in [9.17, 15) is 19.2 Å². The zero-order chi connectivity index (χ0) is 35.5. The molecule has 0 bridgehead atoms. The largest absolute Gasteiger partial charge is 0.458 e. The first-order valence-electron chi connectivity index (χ1n) is 18.2. The highest BCUT2D eigenvalue weighted by atomic mass is 16.6. The third-order valence-corrected chi connectivity index (χ3v) is 9.92. The fraction of sp³-hybridized carbons (Fsp3) is 0.590. The van der Waals surface area contributed by atoms with Crippen molar-refractivity contribution in [3.8, 4) is 0 Å². The van der Waals surface area contributed by atoms with Gasteiger partial charge in [0.1, 0.15) is 18.7 Å². The van der Waals surface area contributed by atoms with Crippen molar-refractivity contribution >= 4 is 29.5 Å². The maximum Gasteiger partial charge on any atom is 0.347 e. The molecule has 1 amide bonds. The van der Waals surface area contributed by atoms with E-state index >= 15 is 0 Å². The minimum absolute atomic E-state index is 0.0582. The Morgan fingerprint density at radius 3 is 2.18 bits per heavy atom. The monoisotopic (exact) mass is 691 g/mol. The predicted molar refractivity (Wildman–Crippen MR) is 188 cm³/mol. The van der Waals surface area contributed by atoms with Crippen LogP contribution in [0.25, 0.3) is 0 Å². The average Bonchev–Trinajstić information content (AvgIpc) is 4.09. The Hall–Kier alpha value is -3.96. The van der Waals surface area contributed by atoms with Gasteiger partial charge >= 0.3 is 17.9 Å². The molecule has 11 nitrogen and oxygen atoms in total. The zero-order valence-electron chi connectivity index (χ0n) is 29.7. The predicted octanol–water partition coefficient (Wildman–Crippen LogP) is 4.45. The first kappa shape index (κ1) is 37.3. The Labute approximate surface area is 295 Å². The number of carbonyl (C=O) groups is 4. The van der Waals surface area contributed by atoms with Crippen LogP contribution in [-0.2, 0) is 51.2 Å². The molecule has 1 aliphatic heterocycles. The van der Waals surface area contributed by atoms with Crippen LogP contribution in [0.3, 0.4) is 0 Å². The third-order valence-electron chi connectivity index (χ3n) is 9.92. The van der Waals surface area contributed by atoms with Gasteiger partial charge in [-0.3, -0.25) is 9.59 Å². The van der Waals surface area contributed by atoms with Crippen LogP contribution in [0.15, 0.2) is 54.6 Å². The molecule has 2 aromatic rings.